The van der Waals surface area contributed by atoms with Crippen molar-refractivity contribution in [2.45, 2.75) is 25.5 Å². The first-order chi connectivity index (χ1) is 13.1. The molecule has 2 atom stereocenters. The van der Waals surface area contributed by atoms with Crippen molar-refractivity contribution in [1.82, 2.24) is 9.88 Å². The van der Waals surface area contributed by atoms with E-state index >= 15 is 0 Å². The molecule has 1 spiro atoms. The van der Waals surface area contributed by atoms with Crippen LogP contribution in [0.25, 0.3) is 0 Å². The molecule has 2 aliphatic heterocycles. The monoisotopic (exact) mass is 391 g/mol. The number of benzene rings is 1. The Labute approximate surface area is 163 Å². The summed E-state index contributed by atoms with van der Waals surface area (Å²) in [5.41, 5.74) is 1.68. The van der Waals surface area contributed by atoms with Crippen molar-refractivity contribution in [2.75, 3.05) is 44.8 Å². The lowest BCUT2D eigenvalue weighted by Crippen LogP contribution is -2.44. The third-order valence-electron chi connectivity index (χ3n) is 5.19. The summed E-state index contributed by atoms with van der Waals surface area (Å²) in [6.45, 7) is 7.47. The Hall–Kier alpha value is -1.54. The van der Waals surface area contributed by atoms with Crippen LogP contribution in [0.4, 0.5) is 10.1 Å². The number of rotatable bonds is 5. The highest BCUT2D eigenvalue weighted by molar-refractivity contribution is 7.09. The van der Waals surface area contributed by atoms with E-state index in [0.717, 1.165) is 55.6 Å². The molecule has 2 aromatic rings. The fraction of sp³-hybridized carbons (Fsp3) is 0.550. The van der Waals surface area contributed by atoms with Crippen LogP contribution >= 0.6 is 11.3 Å². The highest BCUT2D eigenvalue weighted by atomic mass is 32.1. The number of halogens is 1. The summed E-state index contributed by atoms with van der Waals surface area (Å²) >= 11 is 1.69. The Bertz CT molecular complexity index is 771. The maximum absolute atomic E-state index is 13.3. The Kier molecular flexibility index (Phi) is 5.73. The van der Waals surface area contributed by atoms with E-state index in [-0.39, 0.29) is 11.4 Å². The highest BCUT2D eigenvalue weighted by Gasteiger charge is 2.43. The van der Waals surface area contributed by atoms with Crippen LogP contribution in [-0.2, 0) is 16.0 Å². The molecule has 5 nitrogen and oxygen atoms in total. The molecule has 0 aliphatic carbocycles. The fourth-order valence-electron chi connectivity index (χ4n) is 3.97. The van der Waals surface area contributed by atoms with Crippen molar-refractivity contribution in [1.29, 1.82) is 0 Å². The van der Waals surface area contributed by atoms with Crippen LogP contribution in [0.2, 0.25) is 0 Å². The number of hydrogen-bond acceptors (Lipinski definition) is 6. The summed E-state index contributed by atoms with van der Waals surface area (Å²) in [6.07, 6.45) is 0.946. The molecule has 1 aromatic carbocycles. The first kappa shape index (κ1) is 18.8. The second-order valence-electron chi connectivity index (χ2n) is 7.58. The van der Waals surface area contributed by atoms with Gasteiger partial charge in [-0.1, -0.05) is 6.07 Å². The molecular formula is C20H26FN3O2S. The van der Waals surface area contributed by atoms with E-state index in [1.54, 1.807) is 17.4 Å². The number of aryl methyl sites for hydroxylation is 1. The van der Waals surface area contributed by atoms with Crippen LogP contribution in [0.1, 0.15) is 17.1 Å². The molecule has 0 radical (unpaired) electrons. The first-order valence-electron chi connectivity index (χ1n) is 9.45. The van der Waals surface area contributed by atoms with E-state index in [2.05, 4.69) is 20.6 Å². The zero-order chi connectivity index (χ0) is 18.7. The van der Waals surface area contributed by atoms with Crippen molar-refractivity contribution in [3.05, 3.63) is 46.2 Å². The third-order valence-corrected chi connectivity index (χ3v) is 6.01. The van der Waals surface area contributed by atoms with Gasteiger partial charge in [0.05, 0.1) is 30.5 Å². The average Bonchev–Trinajstić information content (AvgIpc) is 3.17. The van der Waals surface area contributed by atoms with Gasteiger partial charge < -0.3 is 14.8 Å². The van der Waals surface area contributed by atoms with Crippen LogP contribution in [-0.4, -0.2) is 54.9 Å². The lowest BCUT2D eigenvalue weighted by molar-refractivity contribution is -0.0563. The number of nitrogens with zero attached hydrogens (tertiary/aromatic N) is 2. The van der Waals surface area contributed by atoms with E-state index in [4.69, 9.17) is 9.47 Å². The van der Waals surface area contributed by atoms with Gasteiger partial charge in [0, 0.05) is 43.2 Å². The predicted molar refractivity (Wildman–Crippen MR) is 105 cm³/mol. The van der Waals surface area contributed by atoms with Gasteiger partial charge >= 0.3 is 0 Å². The zero-order valence-corrected chi connectivity index (χ0v) is 16.4. The third kappa shape index (κ3) is 4.85. The zero-order valence-electron chi connectivity index (χ0n) is 15.6. The predicted octanol–water partition coefficient (Wildman–Crippen LogP) is 3.31. The van der Waals surface area contributed by atoms with Gasteiger partial charge in [0.15, 0.2) is 0 Å². The van der Waals surface area contributed by atoms with Gasteiger partial charge in [0.25, 0.3) is 0 Å². The number of nitrogens with one attached hydrogen (secondary N) is 1. The number of ether oxygens (including phenoxy) is 2. The molecule has 0 saturated carbocycles. The Balaban J connectivity index is 1.34. The minimum absolute atomic E-state index is 0.218. The van der Waals surface area contributed by atoms with Gasteiger partial charge in [-0.15, -0.1) is 11.3 Å². The molecular weight excluding hydrogens is 365 g/mol. The van der Waals surface area contributed by atoms with Gasteiger partial charge in [-0.25, -0.2) is 9.37 Å². The van der Waals surface area contributed by atoms with Crippen LogP contribution in [0, 0.1) is 18.7 Å². The topological polar surface area (TPSA) is 46.6 Å². The number of anilines is 1. The largest absolute Gasteiger partial charge is 0.385 e. The van der Waals surface area contributed by atoms with Gasteiger partial charge in [-0.3, -0.25) is 4.90 Å². The smallest absolute Gasteiger partial charge is 0.125 e. The van der Waals surface area contributed by atoms with Crippen LogP contribution in [0.3, 0.4) is 0 Å². The molecule has 3 heterocycles. The minimum Gasteiger partial charge on any atom is -0.385 e. The van der Waals surface area contributed by atoms with Crippen molar-refractivity contribution < 1.29 is 13.9 Å². The van der Waals surface area contributed by atoms with Crippen molar-refractivity contribution in [2.24, 2.45) is 5.92 Å². The van der Waals surface area contributed by atoms with Crippen molar-refractivity contribution >= 4 is 17.0 Å². The van der Waals surface area contributed by atoms with Crippen LogP contribution < -0.4 is 5.32 Å². The molecule has 27 heavy (non-hydrogen) atoms. The maximum Gasteiger partial charge on any atom is 0.125 e. The number of thiazole rings is 1. The molecule has 1 N–H and O–H groups in total. The van der Waals surface area contributed by atoms with Crippen LogP contribution in [0.15, 0.2) is 29.6 Å². The highest BCUT2D eigenvalue weighted by Crippen LogP contribution is 2.33. The quantitative estimate of drug-likeness (QED) is 0.847. The summed E-state index contributed by atoms with van der Waals surface area (Å²) < 4.78 is 25.5. The summed E-state index contributed by atoms with van der Waals surface area (Å²) in [5, 5.41) is 6.57. The maximum atomic E-state index is 13.3. The molecule has 2 fully saturated rings. The summed E-state index contributed by atoms with van der Waals surface area (Å²) in [7, 11) is 0. The SMILES string of the molecule is Cc1nc(CN2CCOC[C@]3(C[C@@H](CNc4cccc(F)c4)CO3)C2)cs1. The van der Waals surface area contributed by atoms with E-state index in [1.807, 2.05) is 13.0 Å². The molecule has 1 aromatic heterocycles. The van der Waals surface area contributed by atoms with E-state index in [1.165, 1.54) is 12.1 Å². The van der Waals surface area contributed by atoms with Crippen LogP contribution in [0.5, 0.6) is 0 Å². The van der Waals surface area contributed by atoms with Gasteiger partial charge in [-0.2, -0.15) is 0 Å². The van der Waals surface area contributed by atoms with Gasteiger partial charge in [0.2, 0.25) is 0 Å². The summed E-state index contributed by atoms with van der Waals surface area (Å²) in [6, 6.07) is 6.60. The molecule has 0 bridgehead atoms. The fourth-order valence-corrected chi connectivity index (χ4v) is 4.57. The van der Waals surface area contributed by atoms with E-state index < -0.39 is 0 Å². The summed E-state index contributed by atoms with van der Waals surface area (Å²) in [4.78, 5) is 6.98. The standard InChI is InChI=1S/C20H26FN3O2S/c1-15-23-19(12-27-15)10-24-5-6-25-14-20(13-24)8-16(11-26-20)9-22-18-4-2-3-17(21)7-18/h2-4,7,12,16,22H,5-6,8-11,13-14H2,1H3/t16-,20-/m0/s1. The summed E-state index contributed by atoms with van der Waals surface area (Å²) in [5.74, 6) is 0.169. The molecule has 146 valence electrons. The molecule has 0 unspecified atom stereocenters. The second-order valence-corrected chi connectivity index (χ2v) is 8.64. The van der Waals surface area contributed by atoms with Gasteiger partial charge in [-0.05, 0) is 31.5 Å². The number of aromatic nitrogens is 1. The molecule has 0 amide bonds. The number of hydrogen-bond donors (Lipinski definition) is 1. The van der Waals surface area contributed by atoms with Gasteiger partial charge in [0.1, 0.15) is 11.4 Å². The lowest BCUT2D eigenvalue weighted by atomic mass is 9.94. The second kappa shape index (κ2) is 8.22. The normalized spacial score (nSPS) is 26.4. The molecule has 2 aliphatic rings. The van der Waals surface area contributed by atoms with Crippen molar-refractivity contribution in [3.63, 3.8) is 0 Å². The first-order valence-corrected chi connectivity index (χ1v) is 10.3. The Morgan fingerprint density at radius 3 is 3.19 bits per heavy atom. The minimum atomic E-state index is -0.254. The molecule has 4 rings (SSSR count). The van der Waals surface area contributed by atoms with Crippen molar-refractivity contribution in [3.8, 4) is 0 Å². The average molecular weight is 392 g/mol. The lowest BCUT2D eigenvalue weighted by Gasteiger charge is -2.30. The Morgan fingerprint density at radius 2 is 2.37 bits per heavy atom. The van der Waals surface area contributed by atoms with E-state index in [0.29, 0.717) is 19.1 Å². The van der Waals surface area contributed by atoms with E-state index in [9.17, 15) is 4.39 Å². The molecule has 2 saturated heterocycles. The molecule has 7 heteroatoms. The Morgan fingerprint density at radius 1 is 1.44 bits per heavy atom.